The van der Waals surface area contributed by atoms with Gasteiger partial charge in [-0.05, 0) is 31.5 Å². The van der Waals surface area contributed by atoms with E-state index in [0.29, 0.717) is 0 Å². The Morgan fingerprint density at radius 1 is 1.06 bits per heavy atom. The van der Waals surface area contributed by atoms with Gasteiger partial charge in [-0.25, -0.2) is 0 Å². The van der Waals surface area contributed by atoms with Crippen molar-refractivity contribution in [2.75, 3.05) is 32.1 Å². The molecular formula is C13H21N3. The van der Waals surface area contributed by atoms with Gasteiger partial charge in [-0.2, -0.15) is 5.10 Å². The van der Waals surface area contributed by atoms with Crippen LogP contribution < -0.4 is 4.90 Å². The van der Waals surface area contributed by atoms with Crippen LogP contribution in [0.15, 0.2) is 29.4 Å². The van der Waals surface area contributed by atoms with Crippen LogP contribution in [-0.2, 0) is 0 Å². The largest absolute Gasteiger partial charge is 0.372 e. The normalized spacial score (nSPS) is 10.8. The van der Waals surface area contributed by atoms with E-state index in [-0.39, 0.29) is 0 Å². The summed E-state index contributed by atoms with van der Waals surface area (Å²) in [6.07, 6.45) is 1.87. The maximum absolute atomic E-state index is 4.20. The van der Waals surface area contributed by atoms with Gasteiger partial charge in [-0.15, -0.1) is 0 Å². The number of nitrogens with zero attached hydrogens (tertiary/aromatic N) is 3. The van der Waals surface area contributed by atoms with Crippen LogP contribution in [0.5, 0.6) is 0 Å². The minimum absolute atomic E-state index is 1.04. The molecule has 0 saturated heterocycles. The first-order chi connectivity index (χ1) is 7.67. The summed E-state index contributed by atoms with van der Waals surface area (Å²) in [6.45, 7) is 6.43. The number of rotatable bonds is 5. The lowest BCUT2D eigenvalue weighted by atomic mass is 10.2. The lowest BCUT2D eigenvalue weighted by molar-refractivity contribution is 0.440. The highest BCUT2D eigenvalue weighted by Gasteiger charge is 2.00. The van der Waals surface area contributed by atoms with Crippen LogP contribution in [0, 0.1) is 0 Å². The van der Waals surface area contributed by atoms with Gasteiger partial charge in [-0.1, -0.05) is 12.1 Å². The van der Waals surface area contributed by atoms with E-state index in [2.05, 4.69) is 48.1 Å². The predicted molar refractivity (Wildman–Crippen MR) is 71.3 cm³/mol. The second kappa shape index (κ2) is 6.16. The van der Waals surface area contributed by atoms with Gasteiger partial charge in [0.05, 0.1) is 6.21 Å². The smallest absolute Gasteiger partial charge is 0.0542 e. The molecule has 1 aromatic rings. The summed E-state index contributed by atoms with van der Waals surface area (Å²) in [7, 11) is 3.83. The molecule has 88 valence electrons. The molecule has 0 saturated carbocycles. The summed E-state index contributed by atoms with van der Waals surface area (Å²) in [5.41, 5.74) is 2.40. The van der Waals surface area contributed by atoms with Crippen molar-refractivity contribution in [3.8, 4) is 0 Å². The summed E-state index contributed by atoms with van der Waals surface area (Å²) in [4.78, 5) is 2.33. The second-order valence-electron chi connectivity index (χ2n) is 3.86. The molecule has 3 heteroatoms. The molecule has 16 heavy (non-hydrogen) atoms. The third kappa shape index (κ3) is 3.57. The number of hydrogen-bond acceptors (Lipinski definition) is 3. The van der Waals surface area contributed by atoms with Gasteiger partial charge >= 0.3 is 0 Å². The molecule has 0 aliphatic carbocycles. The summed E-state index contributed by atoms with van der Waals surface area (Å²) >= 11 is 0. The molecule has 0 heterocycles. The van der Waals surface area contributed by atoms with E-state index in [0.717, 1.165) is 18.7 Å². The van der Waals surface area contributed by atoms with Crippen molar-refractivity contribution in [1.29, 1.82) is 0 Å². The monoisotopic (exact) mass is 219 g/mol. The van der Waals surface area contributed by atoms with Gasteiger partial charge in [0.2, 0.25) is 0 Å². The first-order valence-electron chi connectivity index (χ1n) is 5.73. The Balaban J connectivity index is 2.74. The molecule has 1 aromatic carbocycles. The zero-order valence-corrected chi connectivity index (χ0v) is 10.6. The molecule has 0 unspecified atom stereocenters. The van der Waals surface area contributed by atoms with Crippen LogP contribution >= 0.6 is 0 Å². The van der Waals surface area contributed by atoms with Crippen LogP contribution in [0.3, 0.4) is 0 Å². The lowest BCUT2D eigenvalue weighted by Gasteiger charge is -2.20. The molecule has 0 bridgehead atoms. The van der Waals surface area contributed by atoms with Crippen LogP contribution in [0.1, 0.15) is 19.4 Å². The first kappa shape index (κ1) is 12.6. The number of anilines is 1. The van der Waals surface area contributed by atoms with Crippen molar-refractivity contribution in [3.05, 3.63) is 29.8 Å². The van der Waals surface area contributed by atoms with E-state index in [1.54, 1.807) is 5.01 Å². The van der Waals surface area contributed by atoms with E-state index in [9.17, 15) is 0 Å². The molecule has 0 fully saturated rings. The molecular weight excluding hydrogens is 198 g/mol. The zero-order valence-electron chi connectivity index (χ0n) is 10.6. The highest BCUT2D eigenvalue weighted by atomic mass is 15.4. The van der Waals surface area contributed by atoms with E-state index >= 15 is 0 Å². The highest BCUT2D eigenvalue weighted by Crippen LogP contribution is 2.13. The summed E-state index contributed by atoms with van der Waals surface area (Å²) in [5.74, 6) is 0. The SMILES string of the molecule is CCN(CC)c1ccc(/C=N/N(C)C)cc1. The van der Waals surface area contributed by atoms with Gasteiger partial charge in [0, 0.05) is 32.9 Å². The third-order valence-electron chi connectivity index (χ3n) is 2.46. The molecule has 3 nitrogen and oxygen atoms in total. The quantitative estimate of drug-likeness (QED) is 0.559. The van der Waals surface area contributed by atoms with Gasteiger partial charge in [-0.3, -0.25) is 0 Å². The molecule has 1 rings (SSSR count). The summed E-state index contributed by atoms with van der Waals surface area (Å²) in [5, 5.41) is 5.99. The molecule has 0 aliphatic heterocycles. The Labute approximate surface area is 98.4 Å². The third-order valence-corrected chi connectivity index (χ3v) is 2.46. The Kier molecular flexibility index (Phi) is 4.83. The average molecular weight is 219 g/mol. The fourth-order valence-corrected chi connectivity index (χ4v) is 1.54. The average Bonchev–Trinajstić information content (AvgIpc) is 2.29. The molecule has 0 aliphatic rings. The number of hydrazone groups is 1. The van der Waals surface area contributed by atoms with Crippen LogP contribution in [0.2, 0.25) is 0 Å². The molecule has 0 aromatic heterocycles. The molecule has 0 spiro atoms. The van der Waals surface area contributed by atoms with E-state index in [1.807, 2.05) is 20.3 Å². The molecule has 0 atom stereocenters. The minimum atomic E-state index is 1.04. The Morgan fingerprint density at radius 2 is 1.62 bits per heavy atom. The Morgan fingerprint density at radius 3 is 2.06 bits per heavy atom. The number of benzene rings is 1. The highest BCUT2D eigenvalue weighted by molar-refractivity contribution is 5.80. The van der Waals surface area contributed by atoms with E-state index < -0.39 is 0 Å². The van der Waals surface area contributed by atoms with Gasteiger partial charge in [0.25, 0.3) is 0 Å². The van der Waals surface area contributed by atoms with Gasteiger partial charge in [0.1, 0.15) is 0 Å². The summed E-state index contributed by atoms with van der Waals surface area (Å²) < 4.78 is 0. The minimum Gasteiger partial charge on any atom is -0.372 e. The standard InChI is InChI=1S/C13H21N3/c1-5-16(6-2)13-9-7-12(8-10-13)11-14-15(3)4/h7-11H,5-6H2,1-4H3/b14-11+. The van der Waals surface area contributed by atoms with Crippen LogP contribution in [0.25, 0.3) is 0 Å². The van der Waals surface area contributed by atoms with E-state index in [1.165, 1.54) is 5.69 Å². The van der Waals surface area contributed by atoms with Gasteiger partial charge in [0.15, 0.2) is 0 Å². The Bertz CT molecular complexity index is 324. The van der Waals surface area contributed by atoms with Crippen LogP contribution in [-0.4, -0.2) is 38.4 Å². The molecule has 0 N–H and O–H groups in total. The Hall–Kier alpha value is -1.51. The molecule has 0 amide bonds. The van der Waals surface area contributed by atoms with Crippen molar-refractivity contribution in [2.45, 2.75) is 13.8 Å². The van der Waals surface area contributed by atoms with Crippen LogP contribution in [0.4, 0.5) is 5.69 Å². The lowest BCUT2D eigenvalue weighted by Crippen LogP contribution is -2.21. The number of hydrogen-bond donors (Lipinski definition) is 0. The zero-order chi connectivity index (χ0) is 12.0. The summed E-state index contributed by atoms with van der Waals surface area (Å²) in [6, 6.07) is 8.48. The van der Waals surface area contributed by atoms with Crippen molar-refractivity contribution in [1.82, 2.24) is 5.01 Å². The van der Waals surface area contributed by atoms with Crippen molar-refractivity contribution < 1.29 is 0 Å². The van der Waals surface area contributed by atoms with Crippen molar-refractivity contribution in [3.63, 3.8) is 0 Å². The fourth-order valence-electron chi connectivity index (χ4n) is 1.54. The predicted octanol–water partition coefficient (Wildman–Crippen LogP) is 2.43. The molecule has 0 radical (unpaired) electrons. The topological polar surface area (TPSA) is 18.8 Å². The maximum atomic E-state index is 4.20. The van der Waals surface area contributed by atoms with Gasteiger partial charge < -0.3 is 9.91 Å². The second-order valence-corrected chi connectivity index (χ2v) is 3.86. The van der Waals surface area contributed by atoms with E-state index in [4.69, 9.17) is 0 Å². The fraction of sp³-hybridized carbons (Fsp3) is 0.462. The maximum Gasteiger partial charge on any atom is 0.0542 e. The van der Waals surface area contributed by atoms with Crippen molar-refractivity contribution in [2.24, 2.45) is 5.10 Å². The van der Waals surface area contributed by atoms with Crippen molar-refractivity contribution >= 4 is 11.9 Å². The first-order valence-corrected chi connectivity index (χ1v) is 5.73.